The van der Waals surface area contributed by atoms with E-state index in [0.717, 1.165) is 10.0 Å². The summed E-state index contributed by atoms with van der Waals surface area (Å²) in [6.45, 7) is 2.05. The fraction of sp³-hybridized carbons (Fsp3) is 0.143. The molecule has 2 rings (SSSR count). The lowest BCUT2D eigenvalue weighted by Crippen LogP contribution is -2.01. The lowest BCUT2D eigenvalue weighted by atomic mass is 10.2. The van der Waals surface area contributed by atoms with Crippen LogP contribution >= 0.6 is 15.9 Å². The van der Waals surface area contributed by atoms with Gasteiger partial charge in [0.05, 0.1) is 0 Å². The third-order valence-corrected chi connectivity index (χ3v) is 3.41. The molecule has 0 saturated heterocycles. The minimum atomic E-state index is -0.234. The summed E-state index contributed by atoms with van der Waals surface area (Å²) in [6, 6.07) is 10.3. The molecule has 18 heavy (non-hydrogen) atoms. The maximum absolute atomic E-state index is 13.1. The zero-order valence-electron chi connectivity index (χ0n) is 9.91. The maximum atomic E-state index is 13.1. The fourth-order valence-electron chi connectivity index (χ4n) is 1.59. The fourth-order valence-corrected chi connectivity index (χ4v) is 2.09. The van der Waals surface area contributed by atoms with Gasteiger partial charge < -0.3 is 10.5 Å². The van der Waals surface area contributed by atoms with Gasteiger partial charge in [-0.25, -0.2) is 4.39 Å². The monoisotopic (exact) mass is 309 g/mol. The first-order valence-corrected chi connectivity index (χ1v) is 6.29. The van der Waals surface area contributed by atoms with Crippen LogP contribution in [-0.2, 0) is 6.61 Å². The molecule has 4 heteroatoms. The average molecular weight is 310 g/mol. The second-order valence-electron chi connectivity index (χ2n) is 4.01. The van der Waals surface area contributed by atoms with E-state index in [4.69, 9.17) is 10.5 Å². The molecule has 0 bridgehead atoms. The zero-order chi connectivity index (χ0) is 13.1. The Bertz CT molecular complexity index is 551. The summed E-state index contributed by atoms with van der Waals surface area (Å²) in [5.74, 6) is 0.395. The number of ether oxygens (including phenoxy) is 1. The number of halogens is 2. The van der Waals surface area contributed by atoms with Crippen molar-refractivity contribution in [1.29, 1.82) is 0 Å². The van der Waals surface area contributed by atoms with E-state index in [1.165, 1.54) is 6.07 Å². The number of rotatable bonds is 3. The maximum Gasteiger partial charge on any atom is 0.126 e. The lowest BCUT2D eigenvalue weighted by Gasteiger charge is -2.11. The van der Waals surface area contributed by atoms with Crippen molar-refractivity contribution in [2.24, 2.45) is 0 Å². The topological polar surface area (TPSA) is 35.2 Å². The summed E-state index contributed by atoms with van der Waals surface area (Å²) < 4.78 is 19.6. The molecule has 0 aliphatic heterocycles. The Morgan fingerprint density at radius 3 is 2.72 bits per heavy atom. The van der Waals surface area contributed by atoms with Crippen molar-refractivity contribution in [2.75, 3.05) is 5.73 Å². The summed E-state index contributed by atoms with van der Waals surface area (Å²) in [7, 11) is 0. The van der Waals surface area contributed by atoms with Gasteiger partial charge in [0.1, 0.15) is 18.2 Å². The number of nitrogens with two attached hydrogens (primary N) is 1. The standard InChI is InChI=1S/C14H13BrFNO/c1-9-7-10(5-6-13(9)16)18-8-11-12(15)3-2-4-14(11)17/h2-7H,8,17H2,1H3. The predicted octanol–water partition coefficient (Wildman–Crippen LogP) is 4.06. The Morgan fingerprint density at radius 2 is 2.06 bits per heavy atom. The Kier molecular flexibility index (Phi) is 3.87. The summed E-state index contributed by atoms with van der Waals surface area (Å²) in [5.41, 5.74) is 7.99. The molecule has 94 valence electrons. The van der Waals surface area contributed by atoms with Gasteiger partial charge in [-0.2, -0.15) is 0 Å². The number of hydrogen-bond acceptors (Lipinski definition) is 2. The SMILES string of the molecule is Cc1cc(OCc2c(N)cccc2Br)ccc1F. The smallest absolute Gasteiger partial charge is 0.126 e. The first kappa shape index (κ1) is 12.9. The van der Waals surface area contributed by atoms with E-state index in [1.807, 2.05) is 18.2 Å². The Hall–Kier alpha value is -1.55. The third-order valence-electron chi connectivity index (χ3n) is 2.67. The molecular formula is C14H13BrFNO. The van der Waals surface area contributed by atoms with Crippen LogP contribution in [0.5, 0.6) is 5.75 Å². The number of aryl methyl sites for hydroxylation is 1. The summed E-state index contributed by atoms with van der Waals surface area (Å²) in [6.07, 6.45) is 0. The largest absolute Gasteiger partial charge is 0.489 e. The van der Waals surface area contributed by atoms with Gasteiger partial charge in [0.25, 0.3) is 0 Å². The van der Waals surface area contributed by atoms with Crippen LogP contribution < -0.4 is 10.5 Å². The van der Waals surface area contributed by atoms with Crippen molar-refractivity contribution in [3.8, 4) is 5.75 Å². The van der Waals surface area contributed by atoms with Crippen molar-refractivity contribution in [3.05, 3.63) is 57.8 Å². The molecule has 2 N–H and O–H groups in total. The summed E-state index contributed by atoms with van der Waals surface area (Å²) in [5, 5.41) is 0. The highest BCUT2D eigenvalue weighted by Crippen LogP contribution is 2.25. The van der Waals surface area contributed by atoms with Crippen LogP contribution in [-0.4, -0.2) is 0 Å². The van der Waals surface area contributed by atoms with Crippen LogP contribution in [0.4, 0.5) is 10.1 Å². The second-order valence-corrected chi connectivity index (χ2v) is 4.86. The molecule has 0 spiro atoms. The number of benzene rings is 2. The highest BCUT2D eigenvalue weighted by atomic mass is 79.9. The highest BCUT2D eigenvalue weighted by Gasteiger charge is 2.06. The number of hydrogen-bond donors (Lipinski definition) is 1. The molecule has 0 aliphatic carbocycles. The molecule has 0 fully saturated rings. The van der Waals surface area contributed by atoms with Crippen molar-refractivity contribution in [3.63, 3.8) is 0 Å². The van der Waals surface area contributed by atoms with Crippen LogP contribution in [0.25, 0.3) is 0 Å². The van der Waals surface area contributed by atoms with Crippen molar-refractivity contribution in [2.45, 2.75) is 13.5 Å². The van der Waals surface area contributed by atoms with E-state index >= 15 is 0 Å². The van der Waals surface area contributed by atoms with Gasteiger partial charge in [-0.15, -0.1) is 0 Å². The van der Waals surface area contributed by atoms with Gasteiger partial charge in [0, 0.05) is 15.7 Å². The summed E-state index contributed by atoms with van der Waals surface area (Å²) in [4.78, 5) is 0. The molecule has 0 radical (unpaired) electrons. The summed E-state index contributed by atoms with van der Waals surface area (Å²) >= 11 is 3.43. The Morgan fingerprint density at radius 1 is 1.28 bits per heavy atom. The first-order chi connectivity index (χ1) is 8.58. The molecule has 0 aromatic heterocycles. The quantitative estimate of drug-likeness (QED) is 0.868. The van der Waals surface area contributed by atoms with Crippen LogP contribution in [0.15, 0.2) is 40.9 Å². The van der Waals surface area contributed by atoms with E-state index in [2.05, 4.69) is 15.9 Å². The minimum Gasteiger partial charge on any atom is -0.489 e. The molecule has 2 nitrogen and oxygen atoms in total. The molecule has 0 amide bonds. The molecule has 2 aromatic rings. The van der Waals surface area contributed by atoms with Crippen LogP contribution in [0.2, 0.25) is 0 Å². The van der Waals surface area contributed by atoms with Gasteiger partial charge in [0.2, 0.25) is 0 Å². The van der Waals surface area contributed by atoms with Gasteiger partial charge in [-0.3, -0.25) is 0 Å². The highest BCUT2D eigenvalue weighted by molar-refractivity contribution is 9.10. The molecule has 0 aliphatic rings. The van der Waals surface area contributed by atoms with Crippen molar-refractivity contribution >= 4 is 21.6 Å². The first-order valence-electron chi connectivity index (χ1n) is 5.50. The molecule has 0 atom stereocenters. The third kappa shape index (κ3) is 2.82. The molecule has 2 aromatic carbocycles. The average Bonchev–Trinajstić information content (AvgIpc) is 2.33. The Labute approximate surface area is 114 Å². The lowest BCUT2D eigenvalue weighted by molar-refractivity contribution is 0.305. The van der Waals surface area contributed by atoms with Gasteiger partial charge in [0.15, 0.2) is 0 Å². The number of anilines is 1. The van der Waals surface area contributed by atoms with E-state index in [0.29, 0.717) is 23.6 Å². The molecule has 0 saturated carbocycles. The van der Waals surface area contributed by atoms with Gasteiger partial charge in [-0.05, 0) is 42.8 Å². The minimum absolute atomic E-state index is 0.234. The molecule has 0 unspecified atom stereocenters. The van der Waals surface area contributed by atoms with Crippen LogP contribution in [0.3, 0.4) is 0 Å². The molecular weight excluding hydrogens is 297 g/mol. The van der Waals surface area contributed by atoms with E-state index in [-0.39, 0.29) is 5.82 Å². The van der Waals surface area contributed by atoms with E-state index < -0.39 is 0 Å². The van der Waals surface area contributed by atoms with Gasteiger partial charge in [-0.1, -0.05) is 22.0 Å². The number of nitrogen functional groups attached to an aromatic ring is 1. The zero-order valence-corrected chi connectivity index (χ0v) is 11.5. The van der Waals surface area contributed by atoms with E-state index in [1.54, 1.807) is 19.1 Å². The van der Waals surface area contributed by atoms with Gasteiger partial charge >= 0.3 is 0 Å². The van der Waals surface area contributed by atoms with Crippen molar-refractivity contribution in [1.82, 2.24) is 0 Å². The van der Waals surface area contributed by atoms with Crippen LogP contribution in [0, 0.1) is 12.7 Å². The second kappa shape index (κ2) is 5.40. The van der Waals surface area contributed by atoms with Crippen molar-refractivity contribution < 1.29 is 9.13 Å². The predicted molar refractivity (Wildman–Crippen MR) is 74.0 cm³/mol. The molecule has 0 heterocycles. The Balaban J connectivity index is 2.14. The van der Waals surface area contributed by atoms with E-state index in [9.17, 15) is 4.39 Å². The van der Waals surface area contributed by atoms with Crippen LogP contribution in [0.1, 0.15) is 11.1 Å². The normalized spacial score (nSPS) is 10.4.